The second kappa shape index (κ2) is 8.76. The van der Waals surface area contributed by atoms with Gasteiger partial charge in [0.05, 0.1) is 18.9 Å². The molecular formula is C16H20BrN2O5P. The molecule has 1 atom stereocenters. The number of aliphatic hydroxyl groups is 1. The normalized spacial score (nSPS) is 20.1. The van der Waals surface area contributed by atoms with E-state index in [0.717, 1.165) is 4.47 Å². The fourth-order valence-corrected chi connectivity index (χ4v) is 4.64. The van der Waals surface area contributed by atoms with Gasteiger partial charge in [0.1, 0.15) is 0 Å². The summed E-state index contributed by atoms with van der Waals surface area (Å²) in [6, 6.07) is 7.23. The third-order valence-electron chi connectivity index (χ3n) is 3.36. The van der Waals surface area contributed by atoms with Crippen molar-refractivity contribution in [1.82, 2.24) is 0 Å². The number of aliphatic hydroxyl groups excluding tert-OH is 1. The van der Waals surface area contributed by atoms with Crippen molar-refractivity contribution in [2.45, 2.75) is 20.3 Å². The van der Waals surface area contributed by atoms with E-state index in [1.165, 1.54) is 5.01 Å². The van der Waals surface area contributed by atoms with Crippen LogP contribution < -0.4 is 5.01 Å². The number of carbonyl (C=O) groups excluding carboxylic acids is 1. The molecule has 0 amide bonds. The summed E-state index contributed by atoms with van der Waals surface area (Å²) >= 11 is 3.36. The fraction of sp³-hybridized carbons (Fsp3) is 0.375. The Balaban J connectivity index is 2.54. The maximum Gasteiger partial charge on any atom is 0.365 e. The van der Waals surface area contributed by atoms with E-state index in [1.54, 1.807) is 32.2 Å². The number of ether oxygens (including phenoxy) is 1. The highest BCUT2D eigenvalue weighted by Crippen LogP contribution is 2.59. The molecule has 0 saturated carbocycles. The quantitative estimate of drug-likeness (QED) is 0.524. The first-order valence-electron chi connectivity index (χ1n) is 7.84. The third kappa shape index (κ3) is 4.39. The van der Waals surface area contributed by atoms with Gasteiger partial charge in [-0.15, -0.1) is 0 Å². The predicted octanol–water partition coefficient (Wildman–Crippen LogP) is 3.68. The Morgan fingerprint density at radius 3 is 2.52 bits per heavy atom. The van der Waals surface area contributed by atoms with Gasteiger partial charge in [0.15, 0.2) is 0 Å². The lowest BCUT2D eigenvalue weighted by Crippen LogP contribution is -2.28. The van der Waals surface area contributed by atoms with Crippen LogP contribution in [0.2, 0.25) is 0 Å². The van der Waals surface area contributed by atoms with Gasteiger partial charge in [-0.05, 0) is 38.1 Å². The molecule has 9 heteroatoms. The van der Waals surface area contributed by atoms with E-state index in [0.29, 0.717) is 11.0 Å². The lowest BCUT2D eigenvalue weighted by atomic mass is 10.3. The van der Waals surface area contributed by atoms with Crippen LogP contribution in [-0.2, 0) is 18.6 Å². The van der Waals surface area contributed by atoms with Crippen molar-refractivity contribution < 1.29 is 23.7 Å². The summed E-state index contributed by atoms with van der Waals surface area (Å²) in [7, 11) is -3.68. The second-order valence-corrected chi connectivity index (χ2v) is 8.30. The molecule has 0 unspecified atom stereocenters. The largest absolute Gasteiger partial charge is 0.461 e. The van der Waals surface area contributed by atoms with Gasteiger partial charge >= 0.3 is 5.97 Å². The Labute approximate surface area is 154 Å². The van der Waals surface area contributed by atoms with Gasteiger partial charge in [-0.3, -0.25) is 4.57 Å². The summed E-state index contributed by atoms with van der Waals surface area (Å²) < 4.78 is 24.7. The molecule has 2 rings (SSSR count). The standard InChI is InChI=1S/C16H20BrN2O5P/c1-3-23-16(21)15-18-19(13-7-5-12(17)6-8-13)11-14(9-10-20)25(15,22)24-4-2/h5-8,11,20H,3-4,9-10H2,1-2H3/t25-/m1/s1. The maximum atomic E-state index is 13.4. The van der Waals surface area contributed by atoms with Crippen molar-refractivity contribution in [2.24, 2.45) is 5.10 Å². The number of hydrogen-bond acceptors (Lipinski definition) is 7. The Bertz CT molecular complexity index is 733. The molecule has 1 aromatic carbocycles. The highest BCUT2D eigenvalue weighted by atomic mass is 79.9. The van der Waals surface area contributed by atoms with Gasteiger partial charge in [-0.2, -0.15) is 5.10 Å². The number of halogens is 1. The lowest BCUT2D eigenvalue weighted by Gasteiger charge is -2.29. The molecule has 0 aromatic heterocycles. The van der Waals surface area contributed by atoms with Gasteiger partial charge in [-0.1, -0.05) is 15.9 Å². The zero-order valence-electron chi connectivity index (χ0n) is 14.0. The van der Waals surface area contributed by atoms with Crippen LogP contribution >= 0.6 is 23.3 Å². The van der Waals surface area contributed by atoms with Crippen molar-refractivity contribution in [1.29, 1.82) is 0 Å². The van der Waals surface area contributed by atoms with Crippen LogP contribution in [-0.4, -0.2) is 36.3 Å². The van der Waals surface area contributed by atoms with Crippen molar-refractivity contribution in [2.75, 3.05) is 24.8 Å². The predicted molar refractivity (Wildman–Crippen MR) is 99.7 cm³/mol. The highest BCUT2D eigenvalue weighted by Gasteiger charge is 2.43. The number of anilines is 1. The van der Waals surface area contributed by atoms with E-state index in [1.807, 2.05) is 12.1 Å². The molecule has 0 saturated heterocycles. The van der Waals surface area contributed by atoms with E-state index in [-0.39, 0.29) is 31.7 Å². The number of hydrazone groups is 1. The first-order valence-corrected chi connectivity index (χ1v) is 10.3. The topological polar surface area (TPSA) is 88.4 Å². The zero-order chi connectivity index (χ0) is 18.4. The van der Waals surface area contributed by atoms with Crippen LogP contribution in [0.15, 0.2) is 45.4 Å². The minimum absolute atomic E-state index is 0.0999. The molecule has 0 radical (unpaired) electrons. The number of carbonyl (C=O) groups is 1. The van der Waals surface area contributed by atoms with E-state index in [2.05, 4.69) is 21.0 Å². The van der Waals surface area contributed by atoms with E-state index in [4.69, 9.17) is 9.26 Å². The molecule has 1 aromatic rings. The number of esters is 1. The lowest BCUT2D eigenvalue weighted by molar-refractivity contribution is -0.134. The number of benzene rings is 1. The number of hydrogen-bond donors (Lipinski definition) is 1. The van der Waals surface area contributed by atoms with E-state index >= 15 is 0 Å². The second-order valence-electron chi connectivity index (χ2n) is 5.03. The first-order chi connectivity index (χ1) is 12.0. The SMILES string of the molecule is CCOC(=O)C1=NN(c2ccc(Br)cc2)C=C(CCO)[P@@]1(=O)OCC. The molecule has 0 fully saturated rings. The maximum absolute atomic E-state index is 13.4. The molecule has 1 aliphatic heterocycles. The molecule has 1 aliphatic rings. The molecule has 0 aliphatic carbocycles. The van der Waals surface area contributed by atoms with Crippen molar-refractivity contribution >= 4 is 40.4 Å². The van der Waals surface area contributed by atoms with Crippen LogP contribution in [0, 0.1) is 0 Å². The molecular weight excluding hydrogens is 411 g/mol. The molecule has 0 bridgehead atoms. The summed E-state index contributed by atoms with van der Waals surface area (Å²) in [5, 5.41) is 15.3. The van der Waals surface area contributed by atoms with Crippen molar-refractivity contribution in [3.05, 3.63) is 40.3 Å². The minimum Gasteiger partial charge on any atom is -0.461 e. The van der Waals surface area contributed by atoms with Crippen molar-refractivity contribution in [3.63, 3.8) is 0 Å². The zero-order valence-corrected chi connectivity index (χ0v) is 16.5. The number of rotatable bonds is 7. The summed E-state index contributed by atoms with van der Waals surface area (Å²) in [5.74, 6) is -0.787. The van der Waals surface area contributed by atoms with Crippen LogP contribution in [0.3, 0.4) is 0 Å². The van der Waals surface area contributed by atoms with Gasteiger partial charge in [0.25, 0.3) is 7.37 Å². The Morgan fingerprint density at radius 1 is 1.28 bits per heavy atom. The molecule has 136 valence electrons. The van der Waals surface area contributed by atoms with Gasteiger partial charge < -0.3 is 14.4 Å². The fourth-order valence-electron chi connectivity index (χ4n) is 2.28. The van der Waals surface area contributed by atoms with E-state index < -0.39 is 13.3 Å². The summed E-state index contributed by atoms with van der Waals surface area (Å²) in [4.78, 5) is 12.3. The Morgan fingerprint density at radius 2 is 1.96 bits per heavy atom. The van der Waals surface area contributed by atoms with Gasteiger partial charge in [-0.25, -0.2) is 9.80 Å². The minimum atomic E-state index is -3.68. The highest BCUT2D eigenvalue weighted by molar-refractivity contribution is 9.10. The van der Waals surface area contributed by atoms with Crippen molar-refractivity contribution in [3.8, 4) is 0 Å². The van der Waals surface area contributed by atoms with Gasteiger partial charge in [0.2, 0.25) is 5.45 Å². The van der Waals surface area contributed by atoms with Gasteiger partial charge in [0, 0.05) is 29.0 Å². The average Bonchev–Trinajstić information content (AvgIpc) is 2.58. The molecule has 1 heterocycles. The monoisotopic (exact) mass is 430 g/mol. The van der Waals surface area contributed by atoms with Crippen LogP contribution in [0.5, 0.6) is 0 Å². The molecule has 25 heavy (non-hydrogen) atoms. The third-order valence-corrected chi connectivity index (χ3v) is 6.43. The molecule has 0 spiro atoms. The van der Waals surface area contributed by atoms with Crippen LogP contribution in [0.4, 0.5) is 5.69 Å². The van der Waals surface area contributed by atoms with Crippen LogP contribution in [0.25, 0.3) is 0 Å². The Hall–Kier alpha value is -1.47. The Kier molecular flexibility index (Phi) is 6.95. The summed E-state index contributed by atoms with van der Waals surface area (Å²) in [5.41, 5.74) is 0.397. The average molecular weight is 431 g/mol. The summed E-state index contributed by atoms with van der Waals surface area (Å²) in [6.45, 7) is 3.37. The summed E-state index contributed by atoms with van der Waals surface area (Å²) in [6.07, 6.45) is 1.64. The van der Waals surface area contributed by atoms with E-state index in [9.17, 15) is 14.5 Å². The molecule has 1 N–H and O–H groups in total. The molecule has 7 nitrogen and oxygen atoms in total. The first kappa shape index (κ1) is 19.8. The number of nitrogens with zero attached hydrogens (tertiary/aromatic N) is 2. The van der Waals surface area contributed by atoms with Crippen LogP contribution in [0.1, 0.15) is 20.3 Å². The smallest absolute Gasteiger partial charge is 0.365 e.